The van der Waals surface area contributed by atoms with Crippen LogP contribution in [0.15, 0.2) is 29.2 Å². The van der Waals surface area contributed by atoms with Crippen molar-refractivity contribution in [3.8, 4) is 0 Å². The van der Waals surface area contributed by atoms with Gasteiger partial charge in [-0.3, -0.25) is 0 Å². The van der Waals surface area contributed by atoms with Gasteiger partial charge in [-0.05, 0) is 56.5 Å². The van der Waals surface area contributed by atoms with E-state index in [1.54, 1.807) is 23.1 Å². The Morgan fingerprint density at radius 3 is 2.52 bits per heavy atom. The predicted octanol–water partition coefficient (Wildman–Crippen LogP) is 4.77. The molecule has 0 saturated carbocycles. The monoisotopic (exact) mass is 496 g/mol. The fourth-order valence-corrected chi connectivity index (χ4v) is 6.52. The highest BCUT2D eigenvalue weighted by Gasteiger charge is 2.25. The van der Waals surface area contributed by atoms with Gasteiger partial charge in [0.1, 0.15) is 16.5 Å². The molecule has 0 atom stereocenters. The first-order valence-corrected chi connectivity index (χ1v) is 14.1. The Kier molecular flexibility index (Phi) is 6.79. The summed E-state index contributed by atoms with van der Waals surface area (Å²) in [6.07, 6.45) is 2.74. The van der Waals surface area contributed by atoms with Gasteiger partial charge in [0.05, 0.1) is 17.4 Å². The van der Waals surface area contributed by atoms with E-state index in [2.05, 4.69) is 23.5 Å². The first kappa shape index (κ1) is 22.8. The molecule has 1 fully saturated rings. The van der Waals surface area contributed by atoms with Crippen LogP contribution in [0.25, 0.3) is 10.2 Å². The molecule has 0 unspecified atom stereocenters. The number of piperidine rings is 1. The second-order valence-corrected chi connectivity index (χ2v) is 12.3. The largest absolute Gasteiger partial charge is 0.356 e. The number of nitrogens with zero attached hydrogens (tertiary/aromatic N) is 3. The summed E-state index contributed by atoms with van der Waals surface area (Å²) in [5.41, 5.74) is 1.23. The highest BCUT2D eigenvalue weighted by atomic mass is 35.5. The number of hydrogen-bond acceptors (Lipinski definition) is 7. The molecule has 31 heavy (non-hydrogen) atoms. The molecule has 0 amide bonds. The molecular weight excluding hydrogens is 472 g/mol. The maximum Gasteiger partial charge on any atom is 0.208 e. The SMILES string of the molecule is Cc1sc2nc(CSc3ccc(Cl)cc3)nc(N3CCC(NS(C)(=O)=O)CC3)c2c1C. The maximum atomic E-state index is 11.6. The van der Waals surface area contributed by atoms with Crippen molar-refractivity contribution in [2.75, 3.05) is 24.2 Å². The predicted molar refractivity (Wildman–Crippen MR) is 131 cm³/mol. The lowest BCUT2D eigenvalue weighted by molar-refractivity contribution is 0.460. The molecule has 3 heterocycles. The van der Waals surface area contributed by atoms with E-state index in [1.807, 2.05) is 24.3 Å². The van der Waals surface area contributed by atoms with Gasteiger partial charge in [0.25, 0.3) is 0 Å². The number of hydrogen-bond donors (Lipinski definition) is 1. The number of anilines is 1. The van der Waals surface area contributed by atoms with Crippen LogP contribution in [0, 0.1) is 13.8 Å². The molecule has 6 nitrogen and oxygen atoms in total. The summed E-state index contributed by atoms with van der Waals surface area (Å²) in [6, 6.07) is 7.77. The minimum absolute atomic E-state index is 0.0196. The number of aryl methyl sites for hydroxylation is 2. The summed E-state index contributed by atoms with van der Waals surface area (Å²) in [5.74, 6) is 2.45. The van der Waals surface area contributed by atoms with Crippen LogP contribution in [0.5, 0.6) is 0 Å². The highest BCUT2D eigenvalue weighted by Crippen LogP contribution is 2.37. The molecule has 1 aliphatic heterocycles. The van der Waals surface area contributed by atoms with Gasteiger partial charge < -0.3 is 4.90 Å². The number of halogens is 1. The molecule has 0 radical (unpaired) electrons. The molecule has 0 aliphatic carbocycles. The zero-order valence-electron chi connectivity index (χ0n) is 17.7. The summed E-state index contributed by atoms with van der Waals surface area (Å²) in [6.45, 7) is 5.77. The van der Waals surface area contributed by atoms with E-state index < -0.39 is 10.0 Å². The molecule has 10 heteroatoms. The van der Waals surface area contributed by atoms with Crippen LogP contribution in [0.1, 0.15) is 29.1 Å². The van der Waals surface area contributed by atoms with E-state index in [0.29, 0.717) is 5.75 Å². The van der Waals surface area contributed by atoms with Crippen molar-refractivity contribution in [3.63, 3.8) is 0 Å². The van der Waals surface area contributed by atoms with Crippen LogP contribution in [-0.4, -0.2) is 43.8 Å². The standard InChI is InChI=1S/C21H25ClN4O2S3/c1-13-14(2)30-21-19(13)20(26-10-8-16(9-11-26)25-31(3,27)28)23-18(24-21)12-29-17-6-4-15(22)5-7-17/h4-7,16,25H,8-12H2,1-3H3. The van der Waals surface area contributed by atoms with E-state index in [1.165, 1.54) is 16.7 Å². The van der Waals surface area contributed by atoms with E-state index in [-0.39, 0.29) is 6.04 Å². The van der Waals surface area contributed by atoms with Gasteiger partial charge >= 0.3 is 0 Å². The molecule has 1 aromatic carbocycles. The number of nitrogens with one attached hydrogen (secondary N) is 1. The molecular formula is C21H25ClN4O2S3. The zero-order valence-corrected chi connectivity index (χ0v) is 20.9. The van der Waals surface area contributed by atoms with Gasteiger partial charge in [-0.1, -0.05) is 11.6 Å². The van der Waals surface area contributed by atoms with Crippen LogP contribution in [-0.2, 0) is 15.8 Å². The number of aromatic nitrogens is 2. The first-order valence-electron chi connectivity index (χ1n) is 10.1. The number of sulfonamides is 1. The quantitative estimate of drug-likeness (QED) is 0.495. The molecule has 0 bridgehead atoms. The summed E-state index contributed by atoms with van der Waals surface area (Å²) >= 11 is 9.38. The van der Waals surface area contributed by atoms with E-state index >= 15 is 0 Å². The Balaban J connectivity index is 1.58. The number of thioether (sulfide) groups is 1. The van der Waals surface area contributed by atoms with Crippen molar-refractivity contribution in [3.05, 3.63) is 45.6 Å². The molecule has 1 N–H and O–H groups in total. The van der Waals surface area contributed by atoms with Crippen LogP contribution >= 0.6 is 34.7 Å². The number of benzene rings is 1. The lowest BCUT2D eigenvalue weighted by Gasteiger charge is -2.33. The Bertz CT molecular complexity index is 1190. The van der Waals surface area contributed by atoms with E-state index in [0.717, 1.165) is 57.7 Å². The van der Waals surface area contributed by atoms with Gasteiger partial charge in [0.2, 0.25) is 10.0 Å². The minimum Gasteiger partial charge on any atom is -0.356 e. The van der Waals surface area contributed by atoms with E-state index in [4.69, 9.17) is 21.6 Å². The third-order valence-electron chi connectivity index (χ3n) is 5.41. The zero-order chi connectivity index (χ0) is 22.2. The summed E-state index contributed by atoms with van der Waals surface area (Å²) in [5, 5.41) is 1.85. The Hall–Kier alpha value is -1.39. The molecule has 1 saturated heterocycles. The number of fused-ring (bicyclic) bond motifs is 1. The molecule has 166 valence electrons. The Morgan fingerprint density at radius 2 is 1.87 bits per heavy atom. The Labute approximate surface area is 196 Å². The third kappa shape index (κ3) is 5.51. The van der Waals surface area contributed by atoms with Gasteiger partial charge in [-0.15, -0.1) is 23.1 Å². The smallest absolute Gasteiger partial charge is 0.208 e. The van der Waals surface area contributed by atoms with Crippen LogP contribution in [0.4, 0.5) is 5.82 Å². The normalized spacial score (nSPS) is 15.7. The van der Waals surface area contributed by atoms with Gasteiger partial charge in [0.15, 0.2) is 0 Å². The van der Waals surface area contributed by atoms with Gasteiger partial charge in [-0.25, -0.2) is 23.1 Å². The molecule has 4 rings (SSSR count). The average Bonchev–Trinajstić information content (AvgIpc) is 3.00. The topological polar surface area (TPSA) is 75.2 Å². The van der Waals surface area contributed by atoms with Crippen molar-refractivity contribution in [2.45, 2.75) is 43.4 Å². The third-order valence-corrected chi connectivity index (χ3v) is 8.54. The maximum absolute atomic E-state index is 11.6. The number of thiophene rings is 1. The van der Waals surface area contributed by atoms with Crippen molar-refractivity contribution in [1.82, 2.24) is 14.7 Å². The molecule has 0 spiro atoms. The summed E-state index contributed by atoms with van der Waals surface area (Å²) in [4.78, 5) is 15.5. The average molecular weight is 497 g/mol. The van der Waals surface area contributed by atoms with Crippen LogP contribution < -0.4 is 9.62 Å². The molecule has 1 aliphatic rings. The van der Waals surface area contributed by atoms with Crippen LogP contribution in [0.3, 0.4) is 0 Å². The van der Waals surface area contributed by atoms with Crippen molar-refractivity contribution in [1.29, 1.82) is 0 Å². The molecule has 2 aromatic heterocycles. The second-order valence-electron chi connectivity index (χ2n) is 7.82. The van der Waals surface area contributed by atoms with Gasteiger partial charge in [-0.2, -0.15) is 0 Å². The molecule has 3 aromatic rings. The fourth-order valence-electron chi connectivity index (χ4n) is 3.76. The number of rotatable bonds is 6. The Morgan fingerprint density at radius 1 is 1.19 bits per heavy atom. The van der Waals surface area contributed by atoms with E-state index in [9.17, 15) is 8.42 Å². The van der Waals surface area contributed by atoms with Crippen molar-refractivity contribution >= 4 is 60.8 Å². The summed E-state index contributed by atoms with van der Waals surface area (Å²) < 4.78 is 25.9. The minimum atomic E-state index is -3.19. The lowest BCUT2D eigenvalue weighted by Crippen LogP contribution is -2.44. The van der Waals surface area contributed by atoms with Crippen LogP contribution in [0.2, 0.25) is 5.02 Å². The highest BCUT2D eigenvalue weighted by molar-refractivity contribution is 7.98. The lowest BCUT2D eigenvalue weighted by atomic mass is 10.1. The van der Waals surface area contributed by atoms with Crippen molar-refractivity contribution in [2.24, 2.45) is 0 Å². The van der Waals surface area contributed by atoms with Crippen molar-refractivity contribution < 1.29 is 8.42 Å². The summed E-state index contributed by atoms with van der Waals surface area (Å²) in [7, 11) is -3.19. The first-order chi connectivity index (χ1) is 14.7. The fraction of sp³-hybridized carbons (Fsp3) is 0.429. The van der Waals surface area contributed by atoms with Gasteiger partial charge in [0, 0.05) is 33.9 Å². The second kappa shape index (κ2) is 9.23.